The molecule has 0 bridgehead atoms. The van der Waals surface area contributed by atoms with Gasteiger partial charge in [0.15, 0.2) is 6.54 Å². The van der Waals surface area contributed by atoms with E-state index in [1.54, 1.807) is 4.90 Å². The topological polar surface area (TPSA) is 75.2 Å². The molecule has 1 heterocycles. The standard InChI is InChI=1S/C24H39N3O3/c1-7-30-23(29)27-14-12-20(13-15-27)26-21(28)16-25-22(17(2)3)18-8-10-19(11-9-18)24(4,5)6/h8-11,17,20,22,25H,7,12-16H2,1-6H3,(H,26,28)/p+1/t22-/m1/s1. The summed E-state index contributed by atoms with van der Waals surface area (Å²) in [4.78, 5) is 26.0. The Hall–Kier alpha value is -2.08. The molecule has 6 nitrogen and oxygen atoms in total. The summed E-state index contributed by atoms with van der Waals surface area (Å²) >= 11 is 0. The van der Waals surface area contributed by atoms with E-state index in [2.05, 4.69) is 69.5 Å². The number of likely N-dealkylation sites (tertiary alicyclic amines) is 1. The van der Waals surface area contributed by atoms with Crippen molar-refractivity contribution < 1.29 is 19.6 Å². The number of carbonyl (C=O) groups is 2. The van der Waals surface area contributed by atoms with Crippen LogP contribution in [-0.2, 0) is 14.9 Å². The van der Waals surface area contributed by atoms with Gasteiger partial charge in [0.25, 0.3) is 5.91 Å². The van der Waals surface area contributed by atoms with Gasteiger partial charge in [0.05, 0.1) is 6.61 Å². The molecular weight excluding hydrogens is 378 g/mol. The minimum absolute atomic E-state index is 0.0570. The molecule has 0 spiro atoms. The Morgan fingerprint density at radius 3 is 2.27 bits per heavy atom. The first-order valence-electron chi connectivity index (χ1n) is 11.3. The van der Waals surface area contributed by atoms with Crippen LogP contribution in [0.4, 0.5) is 4.79 Å². The van der Waals surface area contributed by atoms with Crippen molar-refractivity contribution in [3.8, 4) is 0 Å². The maximum Gasteiger partial charge on any atom is 0.409 e. The van der Waals surface area contributed by atoms with Crippen LogP contribution in [0.1, 0.15) is 71.6 Å². The Morgan fingerprint density at radius 2 is 1.77 bits per heavy atom. The molecule has 1 aromatic rings. The number of piperidine rings is 1. The van der Waals surface area contributed by atoms with Gasteiger partial charge in [-0.05, 0) is 30.7 Å². The number of hydrogen-bond acceptors (Lipinski definition) is 3. The van der Waals surface area contributed by atoms with E-state index in [-0.39, 0.29) is 29.5 Å². The zero-order chi connectivity index (χ0) is 22.3. The van der Waals surface area contributed by atoms with E-state index in [1.807, 2.05) is 6.92 Å². The fourth-order valence-corrected chi connectivity index (χ4v) is 3.94. The average Bonchev–Trinajstić information content (AvgIpc) is 2.68. The van der Waals surface area contributed by atoms with Gasteiger partial charge in [-0.3, -0.25) is 4.79 Å². The summed E-state index contributed by atoms with van der Waals surface area (Å²) in [6.07, 6.45) is 1.28. The van der Waals surface area contributed by atoms with Crippen molar-refractivity contribution in [1.82, 2.24) is 10.2 Å². The van der Waals surface area contributed by atoms with Crippen molar-refractivity contribution in [2.45, 2.75) is 71.9 Å². The Morgan fingerprint density at radius 1 is 1.17 bits per heavy atom. The van der Waals surface area contributed by atoms with Crippen LogP contribution in [0.25, 0.3) is 0 Å². The van der Waals surface area contributed by atoms with E-state index in [9.17, 15) is 9.59 Å². The van der Waals surface area contributed by atoms with Crippen LogP contribution in [0.15, 0.2) is 24.3 Å². The molecule has 3 N–H and O–H groups in total. The highest BCUT2D eigenvalue weighted by molar-refractivity contribution is 5.77. The molecule has 1 aliphatic heterocycles. The number of quaternary nitrogens is 1. The lowest BCUT2D eigenvalue weighted by atomic mass is 9.85. The van der Waals surface area contributed by atoms with E-state index < -0.39 is 0 Å². The van der Waals surface area contributed by atoms with Crippen LogP contribution in [0, 0.1) is 5.92 Å². The summed E-state index contributed by atoms with van der Waals surface area (Å²) < 4.78 is 5.05. The molecule has 1 aromatic carbocycles. The minimum Gasteiger partial charge on any atom is -0.450 e. The molecule has 6 heteroatoms. The van der Waals surface area contributed by atoms with Crippen molar-refractivity contribution in [2.75, 3.05) is 26.2 Å². The highest BCUT2D eigenvalue weighted by atomic mass is 16.6. The monoisotopic (exact) mass is 418 g/mol. The first kappa shape index (κ1) is 24.2. The van der Waals surface area contributed by atoms with E-state index in [0.717, 1.165) is 12.8 Å². The molecule has 0 radical (unpaired) electrons. The number of amides is 2. The third-order valence-electron chi connectivity index (χ3n) is 5.82. The van der Waals surface area contributed by atoms with Crippen LogP contribution in [0.3, 0.4) is 0 Å². The van der Waals surface area contributed by atoms with E-state index in [0.29, 0.717) is 32.2 Å². The van der Waals surface area contributed by atoms with Gasteiger partial charge in [0, 0.05) is 30.6 Å². The molecule has 1 aliphatic rings. The number of nitrogens with two attached hydrogens (primary N) is 1. The smallest absolute Gasteiger partial charge is 0.409 e. The van der Waals surface area contributed by atoms with E-state index in [4.69, 9.17) is 4.74 Å². The molecule has 1 saturated heterocycles. The highest BCUT2D eigenvalue weighted by Crippen LogP contribution is 2.25. The van der Waals surface area contributed by atoms with Crippen LogP contribution in [0.5, 0.6) is 0 Å². The molecule has 168 valence electrons. The highest BCUT2D eigenvalue weighted by Gasteiger charge is 2.26. The van der Waals surface area contributed by atoms with E-state index in [1.165, 1.54) is 11.1 Å². The second-order valence-corrected chi connectivity index (χ2v) is 9.61. The van der Waals surface area contributed by atoms with Crippen molar-refractivity contribution in [3.05, 3.63) is 35.4 Å². The second-order valence-electron chi connectivity index (χ2n) is 9.61. The lowest BCUT2D eigenvalue weighted by molar-refractivity contribution is -0.692. The first-order chi connectivity index (χ1) is 14.1. The van der Waals surface area contributed by atoms with Crippen molar-refractivity contribution >= 4 is 12.0 Å². The average molecular weight is 419 g/mol. The Kier molecular flexibility index (Phi) is 8.71. The van der Waals surface area contributed by atoms with E-state index >= 15 is 0 Å². The Labute approximate surface area is 181 Å². The van der Waals surface area contributed by atoms with Gasteiger partial charge in [-0.1, -0.05) is 58.9 Å². The number of nitrogens with one attached hydrogen (secondary N) is 1. The normalized spacial score (nSPS) is 16.4. The molecule has 2 amide bonds. The molecule has 1 atom stereocenters. The van der Waals surface area contributed by atoms with Gasteiger partial charge in [-0.25, -0.2) is 4.79 Å². The minimum atomic E-state index is -0.257. The number of benzene rings is 1. The maximum absolute atomic E-state index is 12.5. The number of nitrogens with zero attached hydrogens (tertiary/aromatic N) is 1. The fraction of sp³-hybridized carbons (Fsp3) is 0.667. The third kappa shape index (κ3) is 7.01. The van der Waals surface area contributed by atoms with Crippen LogP contribution < -0.4 is 10.6 Å². The van der Waals surface area contributed by atoms with Gasteiger partial charge in [0.2, 0.25) is 0 Å². The van der Waals surface area contributed by atoms with Crippen LogP contribution in [0.2, 0.25) is 0 Å². The van der Waals surface area contributed by atoms with Crippen molar-refractivity contribution in [1.29, 1.82) is 0 Å². The predicted molar refractivity (Wildman–Crippen MR) is 119 cm³/mol. The van der Waals surface area contributed by atoms with Crippen molar-refractivity contribution in [3.63, 3.8) is 0 Å². The number of ether oxygens (including phenoxy) is 1. The summed E-state index contributed by atoms with van der Waals surface area (Å²) in [6, 6.07) is 9.18. The lowest BCUT2D eigenvalue weighted by Gasteiger charge is -2.31. The summed E-state index contributed by atoms with van der Waals surface area (Å²) in [5.74, 6) is 0.479. The van der Waals surface area contributed by atoms with Gasteiger partial charge >= 0.3 is 6.09 Å². The zero-order valence-corrected chi connectivity index (χ0v) is 19.5. The SMILES string of the molecule is CCOC(=O)N1CCC(NC(=O)C[NH2+][C@@H](c2ccc(C(C)(C)C)cc2)C(C)C)CC1. The van der Waals surface area contributed by atoms with Crippen LogP contribution >= 0.6 is 0 Å². The largest absolute Gasteiger partial charge is 0.450 e. The zero-order valence-electron chi connectivity index (χ0n) is 19.5. The molecule has 30 heavy (non-hydrogen) atoms. The first-order valence-corrected chi connectivity index (χ1v) is 11.3. The van der Waals surface area contributed by atoms with Gasteiger partial charge in [-0.15, -0.1) is 0 Å². The summed E-state index contributed by atoms with van der Waals surface area (Å²) in [5.41, 5.74) is 2.72. The molecule has 0 unspecified atom stereocenters. The molecule has 0 aromatic heterocycles. The van der Waals surface area contributed by atoms with Gasteiger partial charge in [-0.2, -0.15) is 0 Å². The molecule has 0 aliphatic carbocycles. The van der Waals surface area contributed by atoms with Crippen LogP contribution in [-0.4, -0.2) is 49.2 Å². The maximum atomic E-state index is 12.5. The number of carbonyl (C=O) groups excluding carboxylic acids is 2. The number of hydrogen-bond donors (Lipinski definition) is 2. The predicted octanol–water partition coefficient (Wildman–Crippen LogP) is 2.98. The molecule has 1 fully saturated rings. The summed E-state index contributed by atoms with van der Waals surface area (Å²) in [6.45, 7) is 14.9. The summed E-state index contributed by atoms with van der Waals surface area (Å²) in [7, 11) is 0. The molecule has 2 rings (SSSR count). The van der Waals surface area contributed by atoms with Crippen molar-refractivity contribution in [2.24, 2.45) is 5.92 Å². The number of rotatable bonds is 7. The Bertz CT molecular complexity index is 687. The fourth-order valence-electron chi connectivity index (χ4n) is 3.94. The quantitative estimate of drug-likeness (QED) is 0.715. The van der Waals surface area contributed by atoms with Gasteiger partial charge < -0.3 is 20.3 Å². The molecular formula is C24H40N3O3+. The summed E-state index contributed by atoms with van der Waals surface area (Å²) in [5, 5.41) is 5.27. The van der Waals surface area contributed by atoms with Gasteiger partial charge in [0.1, 0.15) is 6.04 Å². The second kappa shape index (κ2) is 10.8. The third-order valence-corrected chi connectivity index (χ3v) is 5.82. The Balaban J connectivity index is 1.84. The molecule has 0 saturated carbocycles. The lowest BCUT2D eigenvalue weighted by Crippen LogP contribution is -2.88.